The number of amides is 1. The molecular weight excluding hydrogens is 246 g/mol. The van der Waals surface area contributed by atoms with Gasteiger partial charge >= 0.3 is 16.4 Å². The second-order valence-corrected chi connectivity index (χ2v) is 6.45. The third-order valence-electron chi connectivity index (χ3n) is 2.18. The normalized spacial score (nSPS) is 23.8. The van der Waals surface area contributed by atoms with Crippen molar-refractivity contribution < 1.29 is 22.1 Å². The predicted octanol–water partition coefficient (Wildman–Crippen LogP) is 1.67. The highest BCUT2D eigenvalue weighted by Gasteiger charge is 2.44. The molecule has 0 saturated carbocycles. The van der Waals surface area contributed by atoms with E-state index in [1.54, 1.807) is 20.8 Å². The summed E-state index contributed by atoms with van der Waals surface area (Å²) in [6, 6.07) is -0.458. The van der Waals surface area contributed by atoms with E-state index in [1.807, 2.05) is 6.92 Å². The Morgan fingerprint density at radius 2 is 2.06 bits per heavy atom. The predicted molar refractivity (Wildman–Crippen MR) is 61.6 cm³/mol. The molecule has 0 radical (unpaired) electrons. The summed E-state index contributed by atoms with van der Waals surface area (Å²) in [7, 11) is -3.97. The summed E-state index contributed by atoms with van der Waals surface area (Å²) in [5.74, 6) is 0. The van der Waals surface area contributed by atoms with Crippen molar-refractivity contribution in [1.82, 2.24) is 4.31 Å². The van der Waals surface area contributed by atoms with Crippen LogP contribution >= 0.6 is 0 Å². The SMILES string of the molecule is CCCC1COS(=O)(=O)N1C(=O)OC(C)(C)C. The fraction of sp³-hybridized carbons (Fsp3) is 0.900. The number of carbonyl (C=O) groups excluding carboxylic acids is 1. The van der Waals surface area contributed by atoms with E-state index in [1.165, 1.54) is 0 Å². The Balaban J connectivity index is 2.87. The lowest BCUT2D eigenvalue weighted by Gasteiger charge is -2.25. The van der Waals surface area contributed by atoms with Gasteiger partial charge in [-0.15, -0.1) is 0 Å². The Labute approximate surface area is 102 Å². The molecule has 1 amide bonds. The van der Waals surface area contributed by atoms with E-state index in [9.17, 15) is 13.2 Å². The molecular formula is C10H19NO5S. The highest BCUT2D eigenvalue weighted by atomic mass is 32.2. The molecule has 1 saturated heterocycles. The molecule has 1 heterocycles. The first-order valence-corrected chi connectivity index (χ1v) is 6.95. The summed E-state index contributed by atoms with van der Waals surface area (Å²) < 4.78 is 33.6. The Morgan fingerprint density at radius 3 is 2.53 bits per heavy atom. The van der Waals surface area contributed by atoms with Crippen LogP contribution in [0.4, 0.5) is 4.79 Å². The first-order valence-electron chi connectivity index (χ1n) is 5.59. The fourth-order valence-corrected chi connectivity index (χ4v) is 2.75. The maximum atomic E-state index is 11.8. The Kier molecular flexibility index (Phi) is 4.03. The Bertz CT molecular complexity index is 384. The fourth-order valence-electron chi connectivity index (χ4n) is 1.55. The number of hydrogen-bond donors (Lipinski definition) is 0. The summed E-state index contributed by atoms with van der Waals surface area (Å²) in [6.07, 6.45) is 0.467. The maximum Gasteiger partial charge on any atom is 0.426 e. The lowest BCUT2D eigenvalue weighted by atomic mass is 10.2. The Morgan fingerprint density at radius 1 is 1.47 bits per heavy atom. The largest absolute Gasteiger partial charge is 0.443 e. The highest BCUT2D eigenvalue weighted by Crippen LogP contribution is 2.24. The van der Waals surface area contributed by atoms with Crippen molar-refractivity contribution in [2.45, 2.75) is 52.2 Å². The quantitative estimate of drug-likeness (QED) is 0.759. The number of carbonyl (C=O) groups is 1. The van der Waals surface area contributed by atoms with E-state index >= 15 is 0 Å². The molecule has 100 valence electrons. The zero-order chi connectivity index (χ0) is 13.3. The summed E-state index contributed by atoms with van der Waals surface area (Å²) in [4.78, 5) is 11.8. The van der Waals surface area contributed by atoms with Crippen molar-refractivity contribution in [3.8, 4) is 0 Å². The zero-order valence-electron chi connectivity index (χ0n) is 10.6. The van der Waals surface area contributed by atoms with Gasteiger partial charge in [0.25, 0.3) is 0 Å². The molecule has 0 bridgehead atoms. The molecule has 0 aliphatic carbocycles. The van der Waals surface area contributed by atoms with Gasteiger partial charge in [-0.05, 0) is 27.2 Å². The molecule has 1 rings (SSSR count). The van der Waals surface area contributed by atoms with Crippen LogP contribution in [-0.4, -0.2) is 37.1 Å². The van der Waals surface area contributed by atoms with Crippen LogP contribution in [-0.2, 0) is 19.2 Å². The second-order valence-electron chi connectivity index (χ2n) is 4.96. The lowest BCUT2D eigenvalue weighted by Crippen LogP contribution is -2.42. The summed E-state index contributed by atoms with van der Waals surface area (Å²) in [5.41, 5.74) is -0.730. The van der Waals surface area contributed by atoms with E-state index in [-0.39, 0.29) is 6.61 Å². The van der Waals surface area contributed by atoms with E-state index in [4.69, 9.17) is 4.74 Å². The number of hydrogen-bond acceptors (Lipinski definition) is 5. The van der Waals surface area contributed by atoms with Crippen molar-refractivity contribution in [3.63, 3.8) is 0 Å². The number of nitrogens with zero attached hydrogens (tertiary/aromatic N) is 1. The standard InChI is InChI=1S/C10H19NO5S/c1-5-6-8-7-15-17(13,14)11(8)9(12)16-10(2,3)4/h8H,5-7H2,1-4H3. The van der Waals surface area contributed by atoms with Gasteiger partial charge in [0.15, 0.2) is 0 Å². The molecule has 0 aromatic carbocycles. The number of ether oxygens (including phenoxy) is 1. The van der Waals surface area contributed by atoms with Crippen LogP contribution in [0, 0.1) is 0 Å². The van der Waals surface area contributed by atoms with Crippen LogP contribution in [0.25, 0.3) is 0 Å². The average molecular weight is 265 g/mol. The second kappa shape index (κ2) is 4.81. The molecule has 17 heavy (non-hydrogen) atoms. The molecule has 1 aliphatic heterocycles. The lowest BCUT2D eigenvalue weighted by molar-refractivity contribution is 0.0353. The summed E-state index contributed by atoms with van der Waals surface area (Å²) >= 11 is 0. The number of rotatable bonds is 2. The van der Waals surface area contributed by atoms with Gasteiger partial charge in [0.05, 0.1) is 12.6 Å². The van der Waals surface area contributed by atoms with Crippen LogP contribution in [0.1, 0.15) is 40.5 Å². The van der Waals surface area contributed by atoms with Crippen LogP contribution in [0.5, 0.6) is 0 Å². The third kappa shape index (κ3) is 3.57. The minimum Gasteiger partial charge on any atom is -0.443 e. The average Bonchev–Trinajstić information content (AvgIpc) is 2.39. The molecule has 1 fully saturated rings. The Hall–Kier alpha value is -0.820. The third-order valence-corrected chi connectivity index (χ3v) is 3.54. The topological polar surface area (TPSA) is 72.9 Å². The maximum absolute atomic E-state index is 11.8. The molecule has 6 nitrogen and oxygen atoms in total. The van der Waals surface area contributed by atoms with E-state index in [0.717, 1.165) is 6.42 Å². The molecule has 1 aliphatic rings. The van der Waals surface area contributed by atoms with E-state index in [2.05, 4.69) is 4.18 Å². The van der Waals surface area contributed by atoms with Crippen molar-refractivity contribution in [2.24, 2.45) is 0 Å². The summed E-state index contributed by atoms with van der Waals surface area (Å²) in [6.45, 7) is 6.98. The van der Waals surface area contributed by atoms with Crippen molar-refractivity contribution in [1.29, 1.82) is 0 Å². The van der Waals surface area contributed by atoms with Gasteiger partial charge in [0, 0.05) is 0 Å². The van der Waals surface area contributed by atoms with E-state index < -0.39 is 28.0 Å². The molecule has 0 aromatic rings. The smallest absolute Gasteiger partial charge is 0.426 e. The van der Waals surface area contributed by atoms with Crippen molar-refractivity contribution >= 4 is 16.4 Å². The molecule has 0 N–H and O–H groups in total. The monoisotopic (exact) mass is 265 g/mol. The van der Waals surface area contributed by atoms with Crippen LogP contribution < -0.4 is 0 Å². The van der Waals surface area contributed by atoms with Crippen LogP contribution in [0.2, 0.25) is 0 Å². The molecule has 7 heteroatoms. The first-order chi connectivity index (χ1) is 7.67. The first kappa shape index (κ1) is 14.2. The van der Waals surface area contributed by atoms with Gasteiger partial charge in [0.2, 0.25) is 0 Å². The van der Waals surface area contributed by atoms with Gasteiger partial charge < -0.3 is 4.74 Å². The van der Waals surface area contributed by atoms with Gasteiger partial charge in [-0.1, -0.05) is 13.3 Å². The van der Waals surface area contributed by atoms with Gasteiger partial charge in [-0.2, -0.15) is 12.7 Å². The van der Waals surface area contributed by atoms with Gasteiger partial charge in [-0.3, -0.25) is 4.18 Å². The minimum atomic E-state index is -3.97. The molecule has 1 atom stereocenters. The zero-order valence-corrected chi connectivity index (χ0v) is 11.4. The molecule has 0 aromatic heterocycles. The van der Waals surface area contributed by atoms with Gasteiger partial charge in [-0.25, -0.2) is 4.79 Å². The minimum absolute atomic E-state index is 0.00934. The van der Waals surface area contributed by atoms with Crippen molar-refractivity contribution in [3.05, 3.63) is 0 Å². The van der Waals surface area contributed by atoms with Crippen LogP contribution in [0.15, 0.2) is 0 Å². The summed E-state index contributed by atoms with van der Waals surface area (Å²) in [5, 5.41) is 0. The molecule has 0 spiro atoms. The van der Waals surface area contributed by atoms with Crippen LogP contribution in [0.3, 0.4) is 0 Å². The van der Waals surface area contributed by atoms with Crippen molar-refractivity contribution in [2.75, 3.05) is 6.61 Å². The van der Waals surface area contributed by atoms with E-state index in [0.29, 0.717) is 10.7 Å². The highest BCUT2D eigenvalue weighted by molar-refractivity contribution is 7.85. The van der Waals surface area contributed by atoms with Gasteiger partial charge in [0.1, 0.15) is 5.60 Å². The molecule has 1 unspecified atom stereocenters.